The van der Waals surface area contributed by atoms with Crippen molar-refractivity contribution < 1.29 is 22.4 Å². The second kappa shape index (κ2) is 4.99. The number of halogens is 3. The number of aryl methyl sites for hydroxylation is 1. The van der Waals surface area contributed by atoms with Crippen LogP contribution in [0.15, 0.2) is 16.5 Å². The topological polar surface area (TPSA) is 46.3 Å². The van der Waals surface area contributed by atoms with E-state index < -0.39 is 18.1 Å². The van der Waals surface area contributed by atoms with Gasteiger partial charge < -0.3 is 9.32 Å². The number of hydrogen-bond donors (Lipinski definition) is 0. The summed E-state index contributed by atoms with van der Waals surface area (Å²) in [6.07, 6.45) is -3.94. The third-order valence-corrected chi connectivity index (χ3v) is 6.11. The Labute approximate surface area is 143 Å². The highest BCUT2D eigenvalue weighted by Crippen LogP contribution is 2.51. The number of likely N-dealkylation sites (tertiary alicyclic amines) is 1. The summed E-state index contributed by atoms with van der Waals surface area (Å²) in [6.45, 7) is 5.90. The second-order valence-electron chi connectivity index (χ2n) is 7.40. The van der Waals surface area contributed by atoms with Gasteiger partial charge in [0.15, 0.2) is 11.5 Å². The lowest BCUT2D eigenvalue weighted by Gasteiger charge is -2.54. The summed E-state index contributed by atoms with van der Waals surface area (Å²) in [5.74, 6) is -1.25. The first-order valence-corrected chi connectivity index (χ1v) is 8.40. The summed E-state index contributed by atoms with van der Waals surface area (Å²) in [6, 6.07) is 3.27. The van der Waals surface area contributed by atoms with E-state index in [0.29, 0.717) is 24.3 Å². The fourth-order valence-electron chi connectivity index (χ4n) is 4.67. The molecule has 1 saturated heterocycles. The van der Waals surface area contributed by atoms with Crippen molar-refractivity contribution in [1.29, 1.82) is 0 Å². The standard InChI is InChI=1S/C18H19F3N2O2/c1-9-12-8-11-4-5-13-15(22-10(2)25-13)14(11)17(9,3)6-7-23(12)16(24)18(19,20)21/h4-5,9,12H,6-8H2,1-3H3/t9?,12-,17?/m1/s1. The summed E-state index contributed by atoms with van der Waals surface area (Å²) in [5, 5.41) is 0. The zero-order valence-corrected chi connectivity index (χ0v) is 14.3. The van der Waals surface area contributed by atoms with E-state index in [1.807, 2.05) is 19.1 Å². The molecule has 0 radical (unpaired) electrons. The maximum absolute atomic E-state index is 13.0. The molecule has 1 aromatic carbocycles. The van der Waals surface area contributed by atoms with Gasteiger partial charge in [-0.2, -0.15) is 13.2 Å². The number of aromatic nitrogens is 1. The zero-order chi connectivity index (χ0) is 18.1. The second-order valence-corrected chi connectivity index (χ2v) is 7.40. The van der Waals surface area contributed by atoms with Crippen LogP contribution in [0, 0.1) is 12.8 Å². The Bertz CT molecular complexity index is 873. The summed E-state index contributed by atoms with van der Waals surface area (Å²) in [5.41, 5.74) is 3.22. The van der Waals surface area contributed by atoms with Crippen molar-refractivity contribution in [3.63, 3.8) is 0 Å². The van der Waals surface area contributed by atoms with Gasteiger partial charge in [0, 0.05) is 24.9 Å². The van der Waals surface area contributed by atoms with E-state index in [4.69, 9.17) is 4.42 Å². The minimum absolute atomic E-state index is 0.0948. The molecule has 3 atom stereocenters. The lowest BCUT2D eigenvalue weighted by molar-refractivity contribution is -0.192. The zero-order valence-electron chi connectivity index (χ0n) is 14.3. The number of fused-ring (bicyclic) bond motifs is 6. The predicted molar refractivity (Wildman–Crippen MR) is 85.1 cm³/mol. The Balaban J connectivity index is 1.85. The molecule has 25 heavy (non-hydrogen) atoms. The Morgan fingerprint density at radius 2 is 2.12 bits per heavy atom. The van der Waals surface area contributed by atoms with Crippen molar-refractivity contribution in [3.05, 3.63) is 29.2 Å². The molecule has 4 rings (SSSR count). The predicted octanol–water partition coefficient (Wildman–Crippen LogP) is 3.75. The highest BCUT2D eigenvalue weighted by Gasteiger charge is 2.54. The van der Waals surface area contributed by atoms with E-state index in [1.165, 1.54) is 0 Å². The number of piperidine rings is 1. The summed E-state index contributed by atoms with van der Waals surface area (Å²) in [4.78, 5) is 17.4. The third-order valence-electron chi connectivity index (χ3n) is 6.11. The van der Waals surface area contributed by atoms with E-state index in [1.54, 1.807) is 6.92 Å². The molecular formula is C18H19F3N2O2. The Hall–Kier alpha value is -2.05. The number of carbonyl (C=O) groups excluding carboxylic acids is 1. The minimum atomic E-state index is -4.83. The Morgan fingerprint density at radius 3 is 2.80 bits per heavy atom. The first-order valence-electron chi connectivity index (χ1n) is 8.40. The highest BCUT2D eigenvalue weighted by molar-refractivity contribution is 5.84. The van der Waals surface area contributed by atoms with E-state index in [2.05, 4.69) is 11.9 Å². The van der Waals surface area contributed by atoms with Gasteiger partial charge >= 0.3 is 12.1 Å². The smallest absolute Gasteiger partial charge is 0.441 e. The molecule has 2 unspecified atom stereocenters. The van der Waals surface area contributed by atoms with Gasteiger partial charge in [0.25, 0.3) is 0 Å². The van der Waals surface area contributed by atoms with Crippen molar-refractivity contribution in [2.24, 2.45) is 5.92 Å². The van der Waals surface area contributed by atoms with Gasteiger partial charge in [-0.3, -0.25) is 4.79 Å². The van der Waals surface area contributed by atoms with Crippen LogP contribution in [0.3, 0.4) is 0 Å². The van der Waals surface area contributed by atoms with Gasteiger partial charge in [0.2, 0.25) is 0 Å². The lowest BCUT2D eigenvalue weighted by Crippen LogP contribution is -2.61. The average Bonchev–Trinajstić information content (AvgIpc) is 2.88. The molecule has 1 fully saturated rings. The van der Waals surface area contributed by atoms with Gasteiger partial charge in [-0.25, -0.2) is 4.98 Å². The van der Waals surface area contributed by atoms with Crippen LogP contribution in [0.1, 0.15) is 37.3 Å². The number of benzene rings is 1. The fourth-order valence-corrected chi connectivity index (χ4v) is 4.67. The maximum Gasteiger partial charge on any atom is 0.471 e. The first-order chi connectivity index (χ1) is 11.6. The molecule has 2 bridgehead atoms. The van der Waals surface area contributed by atoms with Crippen LogP contribution < -0.4 is 0 Å². The average molecular weight is 352 g/mol. The van der Waals surface area contributed by atoms with Gasteiger partial charge in [-0.1, -0.05) is 19.9 Å². The third kappa shape index (κ3) is 2.20. The van der Waals surface area contributed by atoms with Crippen molar-refractivity contribution >= 4 is 17.0 Å². The first kappa shape index (κ1) is 16.4. The number of carbonyl (C=O) groups is 1. The van der Waals surface area contributed by atoms with E-state index >= 15 is 0 Å². The molecule has 1 aromatic heterocycles. The van der Waals surface area contributed by atoms with Crippen molar-refractivity contribution in [2.45, 2.75) is 51.2 Å². The molecule has 1 aliphatic heterocycles. The highest BCUT2D eigenvalue weighted by atomic mass is 19.4. The molecular weight excluding hydrogens is 333 g/mol. The minimum Gasteiger partial charge on any atom is -0.441 e. The van der Waals surface area contributed by atoms with Gasteiger partial charge in [-0.15, -0.1) is 0 Å². The number of amides is 1. The van der Waals surface area contributed by atoms with Crippen LogP contribution in [0.4, 0.5) is 13.2 Å². The van der Waals surface area contributed by atoms with Crippen LogP contribution in [-0.2, 0) is 16.6 Å². The summed E-state index contributed by atoms with van der Waals surface area (Å²) in [7, 11) is 0. The van der Waals surface area contributed by atoms with Crippen LogP contribution in [0.25, 0.3) is 11.1 Å². The normalized spacial score (nSPS) is 29.0. The summed E-state index contributed by atoms with van der Waals surface area (Å²) < 4.78 is 44.6. The number of oxazole rings is 1. The van der Waals surface area contributed by atoms with Crippen LogP contribution in [-0.4, -0.2) is 34.6 Å². The SMILES string of the molecule is Cc1nc2c3c(ccc2o1)C[C@@H]1C(C)C3(C)CCN1C(=O)C(F)(F)F. The number of alkyl halides is 3. The summed E-state index contributed by atoms with van der Waals surface area (Å²) >= 11 is 0. The van der Waals surface area contributed by atoms with Gasteiger partial charge in [0.05, 0.1) is 0 Å². The molecule has 2 heterocycles. The number of rotatable bonds is 0. The van der Waals surface area contributed by atoms with Crippen LogP contribution in [0.5, 0.6) is 0 Å². The van der Waals surface area contributed by atoms with Crippen molar-refractivity contribution in [3.8, 4) is 0 Å². The largest absolute Gasteiger partial charge is 0.471 e. The molecule has 0 saturated carbocycles. The number of nitrogens with zero attached hydrogens (tertiary/aromatic N) is 2. The lowest BCUT2D eigenvalue weighted by atomic mass is 9.58. The van der Waals surface area contributed by atoms with Crippen LogP contribution in [0.2, 0.25) is 0 Å². The molecule has 1 amide bonds. The maximum atomic E-state index is 13.0. The number of hydrogen-bond acceptors (Lipinski definition) is 3. The Kier molecular flexibility index (Phi) is 3.28. The Morgan fingerprint density at radius 1 is 1.40 bits per heavy atom. The van der Waals surface area contributed by atoms with E-state index in [-0.39, 0.29) is 17.9 Å². The van der Waals surface area contributed by atoms with Gasteiger partial charge in [-0.05, 0) is 36.0 Å². The molecule has 7 heteroatoms. The molecule has 2 aliphatic rings. The van der Waals surface area contributed by atoms with Gasteiger partial charge in [0.1, 0.15) is 5.52 Å². The monoisotopic (exact) mass is 352 g/mol. The molecule has 4 nitrogen and oxygen atoms in total. The van der Waals surface area contributed by atoms with E-state index in [9.17, 15) is 18.0 Å². The van der Waals surface area contributed by atoms with Crippen molar-refractivity contribution in [1.82, 2.24) is 9.88 Å². The molecule has 1 aliphatic carbocycles. The molecule has 2 aromatic rings. The molecule has 0 N–H and O–H groups in total. The molecule has 0 spiro atoms. The molecule has 134 valence electrons. The van der Waals surface area contributed by atoms with Crippen molar-refractivity contribution in [2.75, 3.05) is 6.54 Å². The van der Waals surface area contributed by atoms with Crippen LogP contribution >= 0.6 is 0 Å². The van der Waals surface area contributed by atoms with E-state index in [0.717, 1.165) is 21.5 Å². The fraction of sp³-hybridized carbons (Fsp3) is 0.556. The quantitative estimate of drug-likeness (QED) is 0.725.